The number of rotatable bonds is 2. The highest BCUT2D eigenvalue weighted by Crippen LogP contribution is 2.31. The van der Waals surface area contributed by atoms with E-state index in [1.807, 2.05) is 24.4 Å². The minimum atomic E-state index is 0.0839. The summed E-state index contributed by atoms with van der Waals surface area (Å²) in [5.41, 5.74) is 0.898. The van der Waals surface area contributed by atoms with Gasteiger partial charge in [0.15, 0.2) is 0 Å². The topological polar surface area (TPSA) is 32.6 Å². The monoisotopic (exact) mass is 217 g/mol. The summed E-state index contributed by atoms with van der Waals surface area (Å²) in [6.07, 6.45) is 8.03. The molecule has 1 N–H and O–H groups in total. The van der Waals surface area contributed by atoms with Gasteiger partial charge in [-0.1, -0.05) is 31.4 Å². The van der Waals surface area contributed by atoms with Gasteiger partial charge in [-0.05, 0) is 31.9 Å². The van der Waals surface area contributed by atoms with Gasteiger partial charge in [-0.25, -0.2) is 0 Å². The van der Waals surface area contributed by atoms with Crippen LogP contribution in [0.4, 0.5) is 0 Å². The summed E-state index contributed by atoms with van der Waals surface area (Å²) < 4.78 is 0. The fourth-order valence-corrected chi connectivity index (χ4v) is 2.26. The summed E-state index contributed by atoms with van der Waals surface area (Å²) in [6, 6.07) is 7.34. The van der Waals surface area contributed by atoms with Gasteiger partial charge in [0.05, 0.1) is 5.54 Å². The smallest absolute Gasteiger partial charge is 0.124 e. The molecule has 0 atom stereocenters. The Kier molecular flexibility index (Phi) is 3.28. The molecular formula is C14H19NO. The highest BCUT2D eigenvalue weighted by Gasteiger charge is 2.24. The number of hydrogen-bond donors (Lipinski definition) is 1. The van der Waals surface area contributed by atoms with Crippen molar-refractivity contribution in [3.05, 3.63) is 29.8 Å². The van der Waals surface area contributed by atoms with Crippen LogP contribution in [0.15, 0.2) is 29.3 Å². The SMILES string of the molecule is CC1(N=Cc2ccccc2O)CCCCC1. The van der Waals surface area contributed by atoms with Gasteiger partial charge < -0.3 is 5.11 Å². The Bertz CT molecular complexity index is 378. The molecule has 1 fully saturated rings. The summed E-state index contributed by atoms with van der Waals surface area (Å²) in [5, 5.41) is 9.63. The molecule has 1 saturated carbocycles. The second-order valence-corrected chi connectivity index (χ2v) is 4.87. The van der Waals surface area contributed by atoms with E-state index in [9.17, 15) is 5.11 Å². The Hall–Kier alpha value is -1.31. The van der Waals surface area contributed by atoms with Gasteiger partial charge in [0.25, 0.3) is 0 Å². The molecule has 1 aliphatic carbocycles. The Labute approximate surface area is 97.0 Å². The Morgan fingerprint density at radius 2 is 1.88 bits per heavy atom. The maximum Gasteiger partial charge on any atom is 0.124 e. The lowest BCUT2D eigenvalue weighted by molar-refractivity contribution is 0.326. The van der Waals surface area contributed by atoms with E-state index in [0.29, 0.717) is 5.75 Å². The third-order valence-corrected chi connectivity index (χ3v) is 3.38. The molecule has 16 heavy (non-hydrogen) atoms. The number of para-hydroxylation sites is 1. The van der Waals surface area contributed by atoms with Crippen LogP contribution in [-0.2, 0) is 0 Å². The minimum absolute atomic E-state index is 0.0839. The number of phenols is 1. The number of hydrogen-bond acceptors (Lipinski definition) is 2. The van der Waals surface area contributed by atoms with Crippen LogP contribution in [0.25, 0.3) is 0 Å². The fourth-order valence-electron chi connectivity index (χ4n) is 2.26. The first-order valence-corrected chi connectivity index (χ1v) is 6.03. The molecule has 2 heteroatoms. The molecule has 2 nitrogen and oxygen atoms in total. The minimum Gasteiger partial charge on any atom is -0.507 e. The quantitative estimate of drug-likeness (QED) is 0.755. The first kappa shape index (κ1) is 11.2. The summed E-state index contributed by atoms with van der Waals surface area (Å²) in [6.45, 7) is 2.21. The molecule has 0 spiro atoms. The van der Waals surface area contributed by atoms with Crippen molar-refractivity contribution in [1.82, 2.24) is 0 Å². The zero-order valence-corrected chi connectivity index (χ0v) is 9.82. The van der Waals surface area contributed by atoms with Crippen LogP contribution in [0.2, 0.25) is 0 Å². The van der Waals surface area contributed by atoms with Crippen LogP contribution in [0.5, 0.6) is 5.75 Å². The largest absolute Gasteiger partial charge is 0.507 e. The van der Waals surface area contributed by atoms with E-state index in [-0.39, 0.29) is 5.54 Å². The number of benzene rings is 1. The molecule has 0 amide bonds. The van der Waals surface area contributed by atoms with Gasteiger partial charge in [0, 0.05) is 11.8 Å². The van der Waals surface area contributed by atoms with Crippen molar-refractivity contribution < 1.29 is 5.11 Å². The first-order chi connectivity index (χ1) is 7.70. The third kappa shape index (κ3) is 2.63. The summed E-state index contributed by atoms with van der Waals surface area (Å²) in [4.78, 5) is 4.66. The molecule has 86 valence electrons. The van der Waals surface area contributed by atoms with Crippen LogP contribution in [-0.4, -0.2) is 16.9 Å². The molecule has 0 aliphatic heterocycles. The van der Waals surface area contributed by atoms with Crippen molar-refractivity contribution in [3.8, 4) is 5.75 Å². The summed E-state index contributed by atoms with van der Waals surface area (Å²) in [5.74, 6) is 0.311. The Morgan fingerprint density at radius 3 is 2.56 bits per heavy atom. The zero-order valence-electron chi connectivity index (χ0n) is 9.82. The molecule has 0 heterocycles. The van der Waals surface area contributed by atoms with Gasteiger partial charge >= 0.3 is 0 Å². The zero-order chi connectivity index (χ0) is 11.4. The molecular weight excluding hydrogens is 198 g/mol. The van der Waals surface area contributed by atoms with E-state index in [1.54, 1.807) is 6.07 Å². The van der Waals surface area contributed by atoms with Crippen LogP contribution in [0, 0.1) is 0 Å². The maximum atomic E-state index is 9.63. The van der Waals surface area contributed by atoms with Crippen LogP contribution >= 0.6 is 0 Å². The van der Waals surface area contributed by atoms with Crippen LogP contribution < -0.4 is 0 Å². The Balaban J connectivity index is 2.11. The van der Waals surface area contributed by atoms with Crippen molar-refractivity contribution in [3.63, 3.8) is 0 Å². The molecule has 2 rings (SSSR count). The first-order valence-electron chi connectivity index (χ1n) is 6.03. The molecule has 0 bridgehead atoms. The molecule has 1 aromatic rings. The molecule has 1 aromatic carbocycles. The summed E-state index contributed by atoms with van der Waals surface area (Å²) in [7, 11) is 0. The lowest BCUT2D eigenvalue weighted by atomic mass is 9.84. The van der Waals surface area contributed by atoms with Gasteiger partial charge in [-0.3, -0.25) is 4.99 Å². The average molecular weight is 217 g/mol. The van der Waals surface area contributed by atoms with E-state index in [0.717, 1.165) is 18.4 Å². The third-order valence-electron chi connectivity index (χ3n) is 3.38. The lowest BCUT2D eigenvalue weighted by Crippen LogP contribution is -2.25. The van der Waals surface area contributed by atoms with Gasteiger partial charge in [-0.15, -0.1) is 0 Å². The van der Waals surface area contributed by atoms with E-state index in [1.165, 1.54) is 19.3 Å². The lowest BCUT2D eigenvalue weighted by Gasteiger charge is -2.29. The number of phenolic OH excluding ortho intramolecular Hbond substituents is 1. The second-order valence-electron chi connectivity index (χ2n) is 4.87. The standard InChI is InChI=1S/C14H19NO/c1-14(9-5-2-6-10-14)15-11-12-7-3-4-8-13(12)16/h3-4,7-8,11,16H,2,5-6,9-10H2,1H3. The fraction of sp³-hybridized carbons (Fsp3) is 0.500. The average Bonchev–Trinajstić information content (AvgIpc) is 2.29. The second kappa shape index (κ2) is 4.69. The number of aliphatic imine (C=N–C) groups is 1. The highest BCUT2D eigenvalue weighted by molar-refractivity contribution is 5.83. The van der Waals surface area contributed by atoms with Gasteiger partial charge in [0.2, 0.25) is 0 Å². The van der Waals surface area contributed by atoms with Crippen molar-refractivity contribution in [1.29, 1.82) is 0 Å². The maximum absolute atomic E-state index is 9.63. The molecule has 0 radical (unpaired) electrons. The highest BCUT2D eigenvalue weighted by atomic mass is 16.3. The van der Waals surface area contributed by atoms with Gasteiger partial charge in [0.1, 0.15) is 5.75 Å². The molecule has 0 saturated heterocycles. The van der Waals surface area contributed by atoms with E-state index in [4.69, 9.17) is 0 Å². The van der Waals surface area contributed by atoms with E-state index in [2.05, 4.69) is 11.9 Å². The summed E-state index contributed by atoms with van der Waals surface area (Å²) >= 11 is 0. The molecule has 1 aliphatic rings. The molecule has 0 unspecified atom stereocenters. The number of aromatic hydroxyl groups is 1. The normalized spacial score (nSPS) is 20.1. The Morgan fingerprint density at radius 1 is 1.19 bits per heavy atom. The van der Waals surface area contributed by atoms with E-state index < -0.39 is 0 Å². The van der Waals surface area contributed by atoms with E-state index >= 15 is 0 Å². The number of nitrogens with zero attached hydrogens (tertiary/aromatic N) is 1. The molecule has 0 aromatic heterocycles. The van der Waals surface area contributed by atoms with Gasteiger partial charge in [-0.2, -0.15) is 0 Å². The van der Waals surface area contributed by atoms with Crippen molar-refractivity contribution >= 4 is 6.21 Å². The predicted octanol–water partition coefficient (Wildman–Crippen LogP) is 3.53. The van der Waals surface area contributed by atoms with Crippen molar-refractivity contribution in [2.24, 2.45) is 4.99 Å². The van der Waals surface area contributed by atoms with Crippen molar-refractivity contribution in [2.45, 2.75) is 44.6 Å². The van der Waals surface area contributed by atoms with Crippen LogP contribution in [0.3, 0.4) is 0 Å². The predicted molar refractivity (Wildman–Crippen MR) is 67.2 cm³/mol. The van der Waals surface area contributed by atoms with Crippen molar-refractivity contribution in [2.75, 3.05) is 0 Å². The van der Waals surface area contributed by atoms with Crippen LogP contribution in [0.1, 0.15) is 44.6 Å².